The van der Waals surface area contributed by atoms with Crippen LogP contribution in [0.4, 0.5) is 4.39 Å². The Kier molecular flexibility index (Phi) is 3.51. The molecule has 98 valence electrons. The lowest BCUT2D eigenvalue weighted by atomic mass is 10.0. The summed E-state index contributed by atoms with van der Waals surface area (Å²) < 4.78 is 21.3. The molecular formula is C15H15FN2O. The molecule has 19 heavy (non-hydrogen) atoms. The highest BCUT2D eigenvalue weighted by molar-refractivity contribution is 5.87. The maximum atomic E-state index is 14.2. The summed E-state index contributed by atoms with van der Waals surface area (Å²) in [4.78, 5) is 4.24. The molecule has 0 radical (unpaired) electrons. The highest BCUT2D eigenvalue weighted by Gasteiger charge is 2.17. The van der Waals surface area contributed by atoms with Crippen LogP contribution in [0.15, 0.2) is 55.3 Å². The zero-order chi connectivity index (χ0) is 14.0. The van der Waals surface area contributed by atoms with Gasteiger partial charge >= 0.3 is 0 Å². The van der Waals surface area contributed by atoms with Gasteiger partial charge in [-0.3, -0.25) is 0 Å². The average Bonchev–Trinajstić information content (AvgIpc) is 2.87. The molecule has 2 heterocycles. The summed E-state index contributed by atoms with van der Waals surface area (Å²) in [6, 6.07) is 1.76. The van der Waals surface area contributed by atoms with Crippen LogP contribution >= 0.6 is 0 Å². The summed E-state index contributed by atoms with van der Waals surface area (Å²) in [5.74, 6) is 0.134. The van der Waals surface area contributed by atoms with Gasteiger partial charge in [0, 0.05) is 24.2 Å². The van der Waals surface area contributed by atoms with E-state index in [1.807, 2.05) is 6.20 Å². The van der Waals surface area contributed by atoms with Gasteiger partial charge in [-0.25, -0.2) is 9.37 Å². The Morgan fingerprint density at radius 2 is 2.21 bits per heavy atom. The Morgan fingerprint density at radius 3 is 2.79 bits per heavy atom. The first-order valence-electron chi connectivity index (χ1n) is 5.78. The largest absolute Gasteiger partial charge is 0.496 e. The molecule has 0 aliphatic rings. The predicted octanol–water partition coefficient (Wildman–Crippen LogP) is 3.79. The Hall–Kier alpha value is -2.36. The molecule has 0 aliphatic heterocycles. The first-order valence-corrected chi connectivity index (χ1v) is 5.78. The number of hydrogen-bond donors (Lipinski definition) is 0. The molecule has 0 spiro atoms. The van der Waals surface area contributed by atoms with Gasteiger partial charge in [0.05, 0.1) is 12.7 Å². The normalized spacial score (nSPS) is 12.2. The molecule has 0 N–H and O–H groups in total. The van der Waals surface area contributed by atoms with E-state index >= 15 is 0 Å². The zero-order valence-electron chi connectivity index (χ0n) is 11.0. The number of pyridine rings is 1. The van der Waals surface area contributed by atoms with Gasteiger partial charge in [0.15, 0.2) is 0 Å². The quantitative estimate of drug-likeness (QED) is 0.780. The van der Waals surface area contributed by atoms with Crippen molar-refractivity contribution in [1.82, 2.24) is 9.38 Å². The summed E-state index contributed by atoms with van der Waals surface area (Å²) in [5.41, 5.74) is 1.86. The number of allylic oxidation sites excluding steroid dienone is 4. The van der Waals surface area contributed by atoms with E-state index in [9.17, 15) is 4.39 Å². The Labute approximate surface area is 111 Å². The molecule has 0 unspecified atom stereocenters. The summed E-state index contributed by atoms with van der Waals surface area (Å²) in [6.07, 6.45) is 6.70. The summed E-state index contributed by atoms with van der Waals surface area (Å²) in [7, 11) is 1.54. The van der Waals surface area contributed by atoms with E-state index in [0.717, 1.165) is 0 Å². The number of imidazole rings is 1. The van der Waals surface area contributed by atoms with Crippen molar-refractivity contribution in [3.05, 3.63) is 60.9 Å². The van der Waals surface area contributed by atoms with Crippen molar-refractivity contribution in [2.24, 2.45) is 0 Å². The van der Waals surface area contributed by atoms with E-state index in [1.54, 1.807) is 29.8 Å². The number of aromatic nitrogens is 2. The topological polar surface area (TPSA) is 26.5 Å². The van der Waals surface area contributed by atoms with E-state index < -0.39 is 5.83 Å². The van der Waals surface area contributed by atoms with Crippen molar-refractivity contribution in [3.8, 4) is 5.75 Å². The van der Waals surface area contributed by atoms with Crippen molar-refractivity contribution in [1.29, 1.82) is 0 Å². The van der Waals surface area contributed by atoms with Crippen molar-refractivity contribution in [2.75, 3.05) is 7.11 Å². The minimum absolute atomic E-state index is 0.334. The third kappa shape index (κ3) is 2.17. The molecule has 0 atom stereocenters. The van der Waals surface area contributed by atoms with Gasteiger partial charge in [0.25, 0.3) is 0 Å². The molecule has 0 aliphatic carbocycles. The molecule has 0 saturated heterocycles. The van der Waals surface area contributed by atoms with Crippen molar-refractivity contribution in [2.45, 2.75) is 6.92 Å². The molecule has 4 heteroatoms. The number of hydrogen-bond acceptors (Lipinski definition) is 2. The van der Waals surface area contributed by atoms with Gasteiger partial charge in [-0.1, -0.05) is 19.2 Å². The van der Waals surface area contributed by atoms with Gasteiger partial charge in [-0.15, -0.1) is 0 Å². The molecule has 0 fully saturated rings. The Bertz CT molecular complexity index is 683. The number of ether oxygens (including phenoxy) is 1. The zero-order valence-corrected chi connectivity index (χ0v) is 11.0. The van der Waals surface area contributed by atoms with Crippen LogP contribution in [0.2, 0.25) is 0 Å². The Morgan fingerprint density at radius 1 is 1.47 bits per heavy atom. The van der Waals surface area contributed by atoms with Crippen LogP contribution in [0.5, 0.6) is 5.75 Å². The third-order valence-corrected chi connectivity index (χ3v) is 2.83. The minimum Gasteiger partial charge on any atom is -0.496 e. The predicted molar refractivity (Wildman–Crippen MR) is 74.8 cm³/mol. The van der Waals surface area contributed by atoms with Crippen molar-refractivity contribution in [3.63, 3.8) is 0 Å². The third-order valence-electron chi connectivity index (χ3n) is 2.83. The second-order valence-electron chi connectivity index (χ2n) is 4.13. The fraction of sp³-hybridized carbons (Fsp3) is 0.133. The van der Waals surface area contributed by atoms with Crippen LogP contribution < -0.4 is 4.74 Å². The lowest BCUT2D eigenvalue weighted by Crippen LogP contribution is -1.97. The van der Waals surface area contributed by atoms with E-state index in [-0.39, 0.29) is 0 Å². The molecular weight excluding hydrogens is 243 g/mol. The monoisotopic (exact) mass is 258 g/mol. The molecule has 2 aromatic heterocycles. The van der Waals surface area contributed by atoms with E-state index in [0.29, 0.717) is 28.1 Å². The summed E-state index contributed by atoms with van der Waals surface area (Å²) >= 11 is 0. The van der Waals surface area contributed by atoms with Gasteiger partial charge < -0.3 is 9.14 Å². The highest BCUT2D eigenvalue weighted by atomic mass is 19.1. The number of fused-ring (bicyclic) bond motifs is 1. The maximum Gasteiger partial charge on any atom is 0.148 e. The molecule has 0 aromatic carbocycles. The fourth-order valence-corrected chi connectivity index (χ4v) is 1.92. The Balaban J connectivity index is 2.85. The lowest BCUT2D eigenvalue weighted by molar-refractivity contribution is 0.413. The number of nitrogens with zero attached hydrogens (tertiary/aromatic N) is 2. The number of methoxy groups -OCH3 is 1. The van der Waals surface area contributed by atoms with Crippen LogP contribution in [-0.2, 0) is 0 Å². The molecule has 0 amide bonds. The fourth-order valence-electron chi connectivity index (χ4n) is 1.92. The van der Waals surface area contributed by atoms with Crippen LogP contribution in [0, 0.1) is 0 Å². The van der Waals surface area contributed by atoms with Gasteiger partial charge in [-0.2, -0.15) is 0 Å². The molecule has 3 nitrogen and oxygen atoms in total. The molecule has 2 aromatic rings. The van der Waals surface area contributed by atoms with Crippen LogP contribution in [0.1, 0.15) is 12.5 Å². The van der Waals surface area contributed by atoms with Crippen LogP contribution in [0.25, 0.3) is 11.2 Å². The van der Waals surface area contributed by atoms with Gasteiger partial charge in [0.2, 0.25) is 0 Å². The lowest BCUT2D eigenvalue weighted by Gasteiger charge is -2.12. The molecule has 0 bridgehead atoms. The summed E-state index contributed by atoms with van der Waals surface area (Å²) in [6.45, 7) is 8.91. The first-order chi connectivity index (χ1) is 9.10. The van der Waals surface area contributed by atoms with Crippen LogP contribution in [0.3, 0.4) is 0 Å². The minimum atomic E-state index is -0.413. The standard InChI is InChI=1S/C15H15FN2O/c1-5-11(14(16)10(2)3)13-12(19-4)6-8-18-9-7-17-15(13)18/h5-9H,1-2H2,3-4H3/b14-11-. The van der Waals surface area contributed by atoms with E-state index in [1.165, 1.54) is 13.2 Å². The van der Waals surface area contributed by atoms with Crippen molar-refractivity contribution >= 4 is 11.2 Å². The SMILES string of the molecule is C=C/C(=C(/F)C(=C)C)c1c(OC)ccn2ccnc12. The second kappa shape index (κ2) is 5.10. The van der Waals surface area contributed by atoms with E-state index in [2.05, 4.69) is 18.1 Å². The maximum absolute atomic E-state index is 14.2. The smallest absolute Gasteiger partial charge is 0.148 e. The van der Waals surface area contributed by atoms with E-state index in [4.69, 9.17) is 4.74 Å². The van der Waals surface area contributed by atoms with Crippen molar-refractivity contribution < 1.29 is 9.13 Å². The van der Waals surface area contributed by atoms with Crippen LogP contribution in [-0.4, -0.2) is 16.5 Å². The summed E-state index contributed by atoms with van der Waals surface area (Å²) in [5, 5.41) is 0. The molecule has 0 saturated carbocycles. The second-order valence-corrected chi connectivity index (χ2v) is 4.13. The number of halogens is 1. The van der Waals surface area contributed by atoms with Gasteiger partial charge in [-0.05, 0) is 18.6 Å². The average molecular weight is 258 g/mol. The first kappa shape index (κ1) is 13.1. The highest BCUT2D eigenvalue weighted by Crippen LogP contribution is 2.34. The van der Waals surface area contributed by atoms with Gasteiger partial charge in [0.1, 0.15) is 17.2 Å². The number of rotatable bonds is 4. The molecule has 2 rings (SSSR count).